The van der Waals surface area contributed by atoms with Gasteiger partial charge >= 0.3 is 6.03 Å². The van der Waals surface area contributed by atoms with Crippen molar-refractivity contribution in [1.82, 2.24) is 10.6 Å². The number of carbonyl (C=O) groups excluding carboxylic acids is 1. The van der Waals surface area contributed by atoms with Crippen LogP contribution in [0.25, 0.3) is 0 Å². The molecule has 2 N–H and O–H groups in total. The Labute approximate surface area is 122 Å². The van der Waals surface area contributed by atoms with E-state index in [1.807, 2.05) is 38.1 Å². The number of nitrogens with one attached hydrogen (secondary N) is 2. The van der Waals surface area contributed by atoms with Crippen molar-refractivity contribution in [2.45, 2.75) is 19.9 Å². The van der Waals surface area contributed by atoms with Crippen LogP contribution in [-0.2, 0) is 10.8 Å². The molecule has 0 saturated heterocycles. The molecule has 0 radical (unpaired) electrons. The van der Waals surface area contributed by atoms with Crippen LogP contribution >= 0.6 is 0 Å². The monoisotopic (exact) mass is 298 g/mol. The Morgan fingerprint density at radius 1 is 1.35 bits per heavy atom. The third-order valence-electron chi connectivity index (χ3n) is 2.57. The molecule has 0 aliphatic heterocycles. The van der Waals surface area contributed by atoms with Crippen LogP contribution in [0.3, 0.4) is 0 Å². The van der Waals surface area contributed by atoms with Crippen LogP contribution in [-0.4, -0.2) is 41.4 Å². The largest absolute Gasteiger partial charge is 0.491 e. The van der Waals surface area contributed by atoms with E-state index in [1.165, 1.54) is 5.56 Å². The van der Waals surface area contributed by atoms with Crippen molar-refractivity contribution in [3.8, 4) is 5.75 Å². The molecule has 1 rings (SSSR count). The smallest absolute Gasteiger partial charge is 0.315 e. The van der Waals surface area contributed by atoms with Crippen molar-refractivity contribution < 1.29 is 13.7 Å². The summed E-state index contributed by atoms with van der Waals surface area (Å²) in [6, 6.07) is 7.38. The van der Waals surface area contributed by atoms with Gasteiger partial charge in [-0.05, 0) is 26.0 Å². The van der Waals surface area contributed by atoms with Crippen LogP contribution < -0.4 is 15.4 Å². The number of ether oxygens (including phenoxy) is 1. The van der Waals surface area contributed by atoms with Gasteiger partial charge in [-0.2, -0.15) is 0 Å². The molecular weight excluding hydrogens is 276 g/mol. The standard InChI is InChI=1S/C14H22N2O3S/c1-11-4-6-13(7-5-11)19-10-12(2)16-14(17)15-8-9-20(3)18/h4-7,12H,8-10H2,1-3H3,(H2,15,16,17)/t12-,20+/m0/s1. The normalized spacial score (nSPS) is 13.3. The van der Waals surface area contributed by atoms with E-state index in [0.29, 0.717) is 18.9 Å². The molecule has 1 aromatic rings. The van der Waals surface area contributed by atoms with Crippen molar-refractivity contribution in [2.75, 3.05) is 25.2 Å². The minimum Gasteiger partial charge on any atom is -0.491 e. The molecule has 112 valence electrons. The number of rotatable bonds is 7. The first-order chi connectivity index (χ1) is 9.47. The Balaban J connectivity index is 2.22. The Morgan fingerprint density at radius 3 is 2.60 bits per heavy atom. The average Bonchev–Trinajstić information content (AvgIpc) is 2.37. The molecule has 6 heteroatoms. The van der Waals surface area contributed by atoms with Crippen molar-refractivity contribution in [1.29, 1.82) is 0 Å². The minimum absolute atomic E-state index is 0.108. The summed E-state index contributed by atoms with van der Waals surface area (Å²) in [6.07, 6.45) is 1.61. The first-order valence-corrected chi connectivity index (χ1v) is 8.24. The lowest BCUT2D eigenvalue weighted by Crippen LogP contribution is -2.44. The summed E-state index contributed by atoms with van der Waals surface area (Å²) in [5.41, 5.74) is 1.18. The van der Waals surface area contributed by atoms with Gasteiger partial charge in [0.1, 0.15) is 12.4 Å². The summed E-state index contributed by atoms with van der Waals surface area (Å²) in [5.74, 6) is 1.24. The van der Waals surface area contributed by atoms with Gasteiger partial charge < -0.3 is 15.4 Å². The average molecular weight is 298 g/mol. The lowest BCUT2D eigenvalue weighted by Gasteiger charge is -2.15. The highest BCUT2D eigenvalue weighted by atomic mass is 32.2. The SMILES string of the molecule is Cc1ccc(OC[C@H](C)NC(=O)NCC[S@@](C)=O)cc1. The summed E-state index contributed by atoms with van der Waals surface area (Å²) < 4.78 is 16.4. The molecule has 0 fully saturated rings. The Bertz CT molecular complexity index is 448. The molecule has 0 bridgehead atoms. The summed E-state index contributed by atoms with van der Waals surface area (Å²) in [5, 5.41) is 5.41. The number of hydrogen-bond acceptors (Lipinski definition) is 3. The molecule has 0 unspecified atom stereocenters. The number of hydrogen-bond donors (Lipinski definition) is 2. The summed E-state index contributed by atoms with van der Waals surface area (Å²) >= 11 is 0. The highest BCUT2D eigenvalue weighted by Gasteiger charge is 2.07. The second-order valence-corrected chi connectivity index (χ2v) is 6.26. The molecule has 5 nitrogen and oxygen atoms in total. The fourth-order valence-electron chi connectivity index (χ4n) is 1.48. The van der Waals surface area contributed by atoms with Crippen molar-refractivity contribution in [3.05, 3.63) is 29.8 Å². The second kappa shape index (κ2) is 8.58. The van der Waals surface area contributed by atoms with Gasteiger partial charge in [0.25, 0.3) is 0 Å². The fraction of sp³-hybridized carbons (Fsp3) is 0.500. The Morgan fingerprint density at radius 2 is 2.00 bits per heavy atom. The Kier molecular flexibility index (Phi) is 7.08. The highest BCUT2D eigenvalue weighted by molar-refractivity contribution is 7.84. The molecule has 0 spiro atoms. The quantitative estimate of drug-likeness (QED) is 0.800. The third-order valence-corrected chi connectivity index (χ3v) is 3.35. The molecule has 0 heterocycles. The maximum atomic E-state index is 11.5. The van der Waals surface area contributed by atoms with Crippen LogP contribution in [0.15, 0.2) is 24.3 Å². The van der Waals surface area contributed by atoms with Crippen molar-refractivity contribution in [3.63, 3.8) is 0 Å². The van der Waals surface area contributed by atoms with E-state index < -0.39 is 10.8 Å². The third kappa shape index (κ3) is 7.13. The molecule has 0 aliphatic rings. The molecule has 0 aliphatic carbocycles. The minimum atomic E-state index is -0.892. The fourth-order valence-corrected chi connectivity index (χ4v) is 1.87. The van der Waals surface area contributed by atoms with Crippen LogP contribution in [0.5, 0.6) is 5.75 Å². The predicted octanol–water partition coefficient (Wildman–Crippen LogP) is 1.44. The summed E-state index contributed by atoms with van der Waals surface area (Å²) in [6.45, 7) is 4.68. The van der Waals surface area contributed by atoms with Crippen LogP contribution in [0.1, 0.15) is 12.5 Å². The van der Waals surface area contributed by atoms with E-state index in [0.717, 1.165) is 5.75 Å². The lowest BCUT2D eigenvalue weighted by molar-refractivity contribution is 0.227. The molecule has 2 amide bonds. The van der Waals surface area contributed by atoms with E-state index in [9.17, 15) is 9.00 Å². The molecule has 0 aromatic heterocycles. The molecule has 2 atom stereocenters. The van der Waals surface area contributed by atoms with Gasteiger partial charge in [0.05, 0.1) is 6.04 Å². The van der Waals surface area contributed by atoms with E-state index in [1.54, 1.807) is 6.26 Å². The van der Waals surface area contributed by atoms with E-state index in [2.05, 4.69) is 10.6 Å². The molecular formula is C14H22N2O3S. The predicted molar refractivity (Wildman–Crippen MR) is 81.6 cm³/mol. The van der Waals surface area contributed by atoms with Crippen LogP contribution in [0, 0.1) is 6.92 Å². The van der Waals surface area contributed by atoms with Gasteiger partial charge in [-0.1, -0.05) is 17.7 Å². The number of amides is 2. The summed E-state index contributed by atoms with van der Waals surface area (Å²) in [7, 11) is -0.892. The molecule has 1 aromatic carbocycles. The first-order valence-electron chi connectivity index (χ1n) is 6.51. The van der Waals surface area contributed by atoms with Crippen molar-refractivity contribution in [2.24, 2.45) is 0 Å². The second-order valence-electron chi connectivity index (χ2n) is 4.70. The van der Waals surface area contributed by atoms with Gasteiger partial charge in [0, 0.05) is 29.4 Å². The van der Waals surface area contributed by atoms with Gasteiger partial charge in [-0.15, -0.1) is 0 Å². The van der Waals surface area contributed by atoms with Gasteiger partial charge in [0.2, 0.25) is 0 Å². The maximum absolute atomic E-state index is 11.5. The van der Waals surface area contributed by atoms with Gasteiger partial charge in [-0.25, -0.2) is 4.79 Å². The number of urea groups is 1. The number of carbonyl (C=O) groups is 1. The first kappa shape index (κ1) is 16.5. The maximum Gasteiger partial charge on any atom is 0.315 e. The topological polar surface area (TPSA) is 67.4 Å². The number of aryl methyl sites for hydroxylation is 1. The van der Waals surface area contributed by atoms with Gasteiger partial charge in [-0.3, -0.25) is 4.21 Å². The lowest BCUT2D eigenvalue weighted by atomic mass is 10.2. The van der Waals surface area contributed by atoms with E-state index >= 15 is 0 Å². The van der Waals surface area contributed by atoms with Crippen LogP contribution in [0.2, 0.25) is 0 Å². The van der Waals surface area contributed by atoms with Gasteiger partial charge in [0.15, 0.2) is 0 Å². The zero-order valence-electron chi connectivity index (χ0n) is 12.1. The van der Waals surface area contributed by atoms with Crippen molar-refractivity contribution >= 4 is 16.8 Å². The highest BCUT2D eigenvalue weighted by Crippen LogP contribution is 2.11. The summed E-state index contributed by atoms with van der Waals surface area (Å²) in [4.78, 5) is 11.5. The Hall–Kier alpha value is -1.56. The van der Waals surface area contributed by atoms with Crippen LogP contribution in [0.4, 0.5) is 4.79 Å². The molecule has 20 heavy (non-hydrogen) atoms. The zero-order chi connectivity index (χ0) is 15.0. The van der Waals surface area contributed by atoms with E-state index in [4.69, 9.17) is 4.74 Å². The van der Waals surface area contributed by atoms with E-state index in [-0.39, 0.29) is 12.1 Å². The molecule has 0 saturated carbocycles. The zero-order valence-corrected chi connectivity index (χ0v) is 13.0. The number of benzene rings is 1.